The van der Waals surface area contributed by atoms with Crippen molar-refractivity contribution in [3.63, 3.8) is 0 Å². The molecule has 0 amide bonds. The summed E-state index contributed by atoms with van der Waals surface area (Å²) in [5.41, 5.74) is 7.97. The Hall–Kier alpha value is -2.81. The molecule has 0 aliphatic carbocycles. The lowest BCUT2D eigenvalue weighted by Crippen LogP contribution is -2.37. The second kappa shape index (κ2) is 6.97. The van der Waals surface area contributed by atoms with Crippen molar-refractivity contribution < 1.29 is 17.9 Å². The van der Waals surface area contributed by atoms with Gasteiger partial charge in [-0.1, -0.05) is 12.1 Å². The molecule has 1 aliphatic heterocycles. The van der Waals surface area contributed by atoms with Crippen LogP contribution in [-0.2, 0) is 17.3 Å². The molecule has 0 bridgehead atoms. The zero-order chi connectivity index (χ0) is 19.9. The number of fused-ring (bicyclic) bond motifs is 1. The number of anilines is 2. The molecule has 148 valence electrons. The van der Waals surface area contributed by atoms with Crippen molar-refractivity contribution in [2.75, 3.05) is 36.9 Å². The van der Waals surface area contributed by atoms with Crippen LogP contribution >= 0.6 is 0 Å². The Morgan fingerprint density at radius 3 is 2.68 bits per heavy atom. The van der Waals surface area contributed by atoms with Crippen molar-refractivity contribution in [3.8, 4) is 0 Å². The van der Waals surface area contributed by atoms with E-state index in [1.165, 1.54) is 13.0 Å². The molecule has 4 rings (SSSR count). The van der Waals surface area contributed by atoms with Crippen LogP contribution in [0.3, 0.4) is 0 Å². The second-order valence-electron chi connectivity index (χ2n) is 6.81. The quantitative estimate of drug-likeness (QED) is 0.743. The summed E-state index contributed by atoms with van der Waals surface area (Å²) in [6.45, 7) is 4.12. The zero-order valence-electron chi connectivity index (χ0n) is 15.3. The fourth-order valence-electron chi connectivity index (χ4n) is 3.47. The minimum Gasteiger partial charge on any atom is -0.396 e. The fourth-order valence-corrected chi connectivity index (χ4v) is 3.47. The maximum Gasteiger partial charge on any atom is 0.416 e. The third-order valence-electron chi connectivity index (χ3n) is 5.01. The van der Waals surface area contributed by atoms with Crippen LogP contribution in [0.2, 0.25) is 0 Å². The Balaban J connectivity index is 1.73. The van der Waals surface area contributed by atoms with Crippen molar-refractivity contribution in [1.29, 1.82) is 0 Å². The van der Waals surface area contributed by atoms with Crippen molar-refractivity contribution in [1.82, 2.24) is 14.6 Å². The molecule has 2 aromatic heterocycles. The van der Waals surface area contributed by atoms with E-state index in [-0.39, 0.29) is 12.0 Å². The minimum absolute atomic E-state index is 0.210. The van der Waals surface area contributed by atoms with Gasteiger partial charge < -0.3 is 15.4 Å². The number of hydrogen-bond donors (Lipinski definition) is 1. The van der Waals surface area contributed by atoms with Gasteiger partial charge in [0.15, 0.2) is 11.5 Å². The molecule has 28 heavy (non-hydrogen) atoms. The molecule has 1 fully saturated rings. The number of nitrogens with two attached hydrogens (primary N) is 1. The number of nitrogens with zero attached hydrogens (tertiary/aromatic N) is 4. The third-order valence-corrected chi connectivity index (χ3v) is 5.01. The van der Waals surface area contributed by atoms with Gasteiger partial charge in [0, 0.05) is 25.6 Å². The Morgan fingerprint density at radius 2 is 1.96 bits per heavy atom. The first-order valence-corrected chi connectivity index (χ1v) is 8.96. The molecule has 0 spiro atoms. The van der Waals surface area contributed by atoms with Crippen LogP contribution in [0, 0.1) is 6.92 Å². The summed E-state index contributed by atoms with van der Waals surface area (Å²) < 4.78 is 46.6. The summed E-state index contributed by atoms with van der Waals surface area (Å²) in [5.74, 6) is 0.702. The average Bonchev–Trinajstić information content (AvgIpc) is 3.06. The van der Waals surface area contributed by atoms with E-state index >= 15 is 0 Å². The number of aromatic nitrogens is 3. The number of rotatable bonds is 3. The molecule has 3 aromatic rings. The zero-order valence-corrected chi connectivity index (χ0v) is 15.3. The van der Waals surface area contributed by atoms with Gasteiger partial charge in [-0.15, -0.1) is 5.10 Å². The number of ether oxygens (including phenoxy) is 1. The highest BCUT2D eigenvalue weighted by molar-refractivity contribution is 5.68. The van der Waals surface area contributed by atoms with Gasteiger partial charge in [0.2, 0.25) is 0 Å². The Bertz CT molecular complexity index is 1010. The van der Waals surface area contributed by atoms with Crippen LogP contribution in [0.5, 0.6) is 0 Å². The van der Waals surface area contributed by atoms with Gasteiger partial charge in [-0.25, -0.2) is 9.50 Å². The summed E-state index contributed by atoms with van der Waals surface area (Å²) in [7, 11) is 0. The molecule has 1 aromatic carbocycles. The van der Waals surface area contributed by atoms with Gasteiger partial charge in [-0.05, 0) is 24.1 Å². The molecule has 3 heterocycles. The number of nitrogen functional groups attached to an aromatic ring is 1. The standard InChI is InChI=1S/C19H20F3N5O/c1-12-13(3-2-4-15(12)19(20,21)22)9-14-11-24-18-16(23)10-17(25-27(14)18)26-5-7-28-8-6-26/h2-4,10-11H,5-9,23H2,1H3. The molecule has 0 saturated carbocycles. The lowest BCUT2D eigenvalue weighted by Gasteiger charge is -2.27. The maximum absolute atomic E-state index is 13.2. The third kappa shape index (κ3) is 3.37. The number of halogens is 3. The molecule has 0 radical (unpaired) electrons. The molecular weight excluding hydrogens is 371 g/mol. The minimum atomic E-state index is -4.38. The Morgan fingerprint density at radius 1 is 1.21 bits per heavy atom. The van der Waals surface area contributed by atoms with Crippen LogP contribution in [0.4, 0.5) is 24.7 Å². The van der Waals surface area contributed by atoms with Crippen LogP contribution in [-0.4, -0.2) is 40.9 Å². The Kier molecular flexibility index (Phi) is 4.62. The van der Waals surface area contributed by atoms with Gasteiger partial charge in [-0.3, -0.25) is 0 Å². The number of hydrogen-bond acceptors (Lipinski definition) is 5. The van der Waals surface area contributed by atoms with Crippen LogP contribution < -0.4 is 10.6 Å². The first kappa shape index (κ1) is 18.5. The van der Waals surface area contributed by atoms with Gasteiger partial charge >= 0.3 is 6.18 Å². The van der Waals surface area contributed by atoms with Gasteiger partial charge in [0.05, 0.1) is 36.4 Å². The average molecular weight is 391 g/mol. The second-order valence-corrected chi connectivity index (χ2v) is 6.81. The lowest BCUT2D eigenvalue weighted by atomic mass is 9.99. The predicted octanol–water partition coefficient (Wildman–Crippen LogP) is 3.07. The summed E-state index contributed by atoms with van der Waals surface area (Å²) in [6, 6.07) is 5.99. The van der Waals surface area contributed by atoms with E-state index in [1.54, 1.807) is 22.8 Å². The van der Waals surface area contributed by atoms with Crippen molar-refractivity contribution >= 4 is 17.2 Å². The van der Waals surface area contributed by atoms with Gasteiger partial charge in [0.1, 0.15) is 0 Å². The van der Waals surface area contributed by atoms with E-state index in [0.717, 1.165) is 6.07 Å². The maximum atomic E-state index is 13.2. The lowest BCUT2D eigenvalue weighted by molar-refractivity contribution is -0.138. The van der Waals surface area contributed by atoms with E-state index in [9.17, 15) is 13.2 Å². The summed E-state index contributed by atoms with van der Waals surface area (Å²) in [6.07, 6.45) is -2.50. The van der Waals surface area contributed by atoms with Crippen molar-refractivity contribution in [2.24, 2.45) is 0 Å². The first-order chi connectivity index (χ1) is 13.3. The van der Waals surface area contributed by atoms with E-state index < -0.39 is 11.7 Å². The molecular formula is C19H20F3N5O. The summed E-state index contributed by atoms with van der Waals surface area (Å²) >= 11 is 0. The van der Waals surface area contributed by atoms with E-state index in [1.807, 2.05) is 0 Å². The number of benzene rings is 1. The van der Waals surface area contributed by atoms with Gasteiger partial charge in [-0.2, -0.15) is 13.2 Å². The molecule has 6 nitrogen and oxygen atoms in total. The predicted molar refractivity (Wildman–Crippen MR) is 99.4 cm³/mol. The van der Waals surface area contributed by atoms with Crippen molar-refractivity contribution in [2.45, 2.75) is 19.5 Å². The highest BCUT2D eigenvalue weighted by Gasteiger charge is 2.32. The highest BCUT2D eigenvalue weighted by Crippen LogP contribution is 2.33. The van der Waals surface area contributed by atoms with Gasteiger partial charge in [0.25, 0.3) is 0 Å². The topological polar surface area (TPSA) is 68.7 Å². The van der Waals surface area contributed by atoms with Crippen LogP contribution in [0.1, 0.15) is 22.4 Å². The number of morpholine rings is 1. The van der Waals surface area contributed by atoms with E-state index in [2.05, 4.69) is 15.0 Å². The van der Waals surface area contributed by atoms with E-state index in [4.69, 9.17) is 10.5 Å². The largest absolute Gasteiger partial charge is 0.416 e. The first-order valence-electron chi connectivity index (χ1n) is 8.96. The SMILES string of the molecule is Cc1c(Cc2cnc3c(N)cc(N4CCOCC4)nn23)cccc1C(F)(F)F. The van der Waals surface area contributed by atoms with E-state index in [0.29, 0.717) is 54.7 Å². The molecule has 2 N–H and O–H groups in total. The molecule has 0 atom stereocenters. The monoisotopic (exact) mass is 391 g/mol. The smallest absolute Gasteiger partial charge is 0.396 e. The molecule has 1 aliphatic rings. The van der Waals surface area contributed by atoms with Crippen LogP contribution in [0.15, 0.2) is 30.5 Å². The highest BCUT2D eigenvalue weighted by atomic mass is 19.4. The summed E-state index contributed by atoms with van der Waals surface area (Å²) in [5, 5.41) is 4.64. The number of alkyl halides is 3. The molecule has 0 unspecified atom stereocenters. The van der Waals surface area contributed by atoms with Crippen LogP contribution in [0.25, 0.3) is 5.65 Å². The van der Waals surface area contributed by atoms with Crippen molar-refractivity contribution in [3.05, 3.63) is 52.8 Å². The number of imidazole rings is 1. The Labute approximate surface area is 159 Å². The molecule has 9 heteroatoms. The fraction of sp³-hybridized carbons (Fsp3) is 0.368. The normalized spacial score (nSPS) is 15.4. The molecule has 1 saturated heterocycles. The summed E-state index contributed by atoms with van der Waals surface area (Å²) in [4.78, 5) is 6.38.